The SMILES string of the molecule is CCOC(=O)c1cc(O)c2c(c1C)C(=O)C=CC2=O. The van der Waals surface area contributed by atoms with Crippen LogP contribution in [0, 0.1) is 6.92 Å². The highest BCUT2D eigenvalue weighted by molar-refractivity contribution is 6.24. The van der Waals surface area contributed by atoms with Crippen LogP contribution in [0.5, 0.6) is 5.75 Å². The van der Waals surface area contributed by atoms with Crippen molar-refractivity contribution in [3.63, 3.8) is 0 Å². The van der Waals surface area contributed by atoms with E-state index in [1.165, 1.54) is 0 Å². The summed E-state index contributed by atoms with van der Waals surface area (Å²) in [6.07, 6.45) is 2.24. The molecule has 0 fully saturated rings. The highest BCUT2D eigenvalue weighted by Crippen LogP contribution is 2.31. The molecule has 0 amide bonds. The van der Waals surface area contributed by atoms with Crippen molar-refractivity contribution in [1.29, 1.82) is 0 Å². The fraction of sp³-hybridized carbons (Fsp3) is 0.214. The summed E-state index contributed by atoms with van der Waals surface area (Å²) >= 11 is 0. The van der Waals surface area contributed by atoms with E-state index in [1.807, 2.05) is 0 Å². The third kappa shape index (κ3) is 2.03. The van der Waals surface area contributed by atoms with Gasteiger partial charge in [0.05, 0.1) is 17.7 Å². The summed E-state index contributed by atoms with van der Waals surface area (Å²) in [5.41, 5.74) is 0.442. The molecule has 5 heteroatoms. The van der Waals surface area contributed by atoms with E-state index in [1.54, 1.807) is 13.8 Å². The molecule has 0 aromatic heterocycles. The Hall–Kier alpha value is -2.43. The molecule has 98 valence electrons. The van der Waals surface area contributed by atoms with E-state index >= 15 is 0 Å². The van der Waals surface area contributed by atoms with Gasteiger partial charge in [-0.15, -0.1) is 0 Å². The number of esters is 1. The van der Waals surface area contributed by atoms with E-state index in [0.717, 1.165) is 18.2 Å². The monoisotopic (exact) mass is 260 g/mol. The molecule has 1 aliphatic carbocycles. The van der Waals surface area contributed by atoms with Crippen molar-refractivity contribution in [2.75, 3.05) is 6.61 Å². The largest absolute Gasteiger partial charge is 0.507 e. The maximum absolute atomic E-state index is 11.8. The normalized spacial score (nSPS) is 13.4. The molecule has 2 rings (SSSR count). The second-order valence-corrected chi connectivity index (χ2v) is 4.10. The van der Waals surface area contributed by atoms with Gasteiger partial charge in [-0.2, -0.15) is 0 Å². The molecule has 0 heterocycles. The second kappa shape index (κ2) is 4.68. The number of benzene rings is 1. The molecule has 5 nitrogen and oxygen atoms in total. The fourth-order valence-electron chi connectivity index (χ4n) is 2.06. The molecule has 1 aliphatic rings. The summed E-state index contributed by atoms with van der Waals surface area (Å²) in [5, 5.41) is 9.85. The number of ether oxygens (including phenoxy) is 1. The number of phenolic OH excluding ortho intramolecular Hbond substituents is 1. The van der Waals surface area contributed by atoms with Crippen LogP contribution in [0.2, 0.25) is 0 Å². The van der Waals surface area contributed by atoms with Gasteiger partial charge in [0.2, 0.25) is 0 Å². The number of carbonyl (C=O) groups is 3. The van der Waals surface area contributed by atoms with Crippen molar-refractivity contribution < 1.29 is 24.2 Å². The standard InChI is InChI=1S/C14H12O5/c1-3-19-14(18)8-6-11(17)13-10(16)5-4-9(15)12(13)7(8)2/h4-6,17H,3H2,1-2H3. The number of hydrogen-bond donors (Lipinski definition) is 1. The van der Waals surface area contributed by atoms with Crippen LogP contribution in [0.25, 0.3) is 0 Å². The van der Waals surface area contributed by atoms with Gasteiger partial charge in [0.25, 0.3) is 0 Å². The summed E-state index contributed by atoms with van der Waals surface area (Å²) < 4.78 is 4.85. The van der Waals surface area contributed by atoms with Crippen molar-refractivity contribution in [3.8, 4) is 5.75 Å². The van der Waals surface area contributed by atoms with Crippen molar-refractivity contribution in [2.24, 2.45) is 0 Å². The maximum Gasteiger partial charge on any atom is 0.338 e. The first-order valence-electron chi connectivity index (χ1n) is 5.77. The molecule has 1 aromatic rings. The minimum atomic E-state index is -0.632. The van der Waals surface area contributed by atoms with Gasteiger partial charge in [0, 0.05) is 5.56 Å². The number of fused-ring (bicyclic) bond motifs is 1. The Morgan fingerprint density at radius 2 is 1.79 bits per heavy atom. The van der Waals surface area contributed by atoms with Gasteiger partial charge >= 0.3 is 5.97 Å². The van der Waals surface area contributed by atoms with Crippen LogP contribution >= 0.6 is 0 Å². The van der Waals surface area contributed by atoms with Gasteiger partial charge in [0.15, 0.2) is 11.6 Å². The van der Waals surface area contributed by atoms with E-state index < -0.39 is 17.5 Å². The molecule has 1 N–H and O–H groups in total. The van der Waals surface area contributed by atoms with Gasteiger partial charge in [-0.3, -0.25) is 9.59 Å². The molecule has 0 saturated heterocycles. The molecule has 0 bridgehead atoms. The lowest BCUT2D eigenvalue weighted by molar-refractivity contribution is 0.0524. The van der Waals surface area contributed by atoms with Crippen LogP contribution < -0.4 is 0 Å². The van der Waals surface area contributed by atoms with Crippen LogP contribution in [0.4, 0.5) is 0 Å². The predicted molar refractivity (Wildman–Crippen MR) is 66.6 cm³/mol. The first-order valence-corrected chi connectivity index (χ1v) is 5.77. The highest BCUT2D eigenvalue weighted by atomic mass is 16.5. The summed E-state index contributed by atoms with van der Waals surface area (Å²) in [6, 6.07) is 1.16. The average Bonchev–Trinajstić information content (AvgIpc) is 2.36. The molecule has 0 unspecified atom stereocenters. The molecule has 0 radical (unpaired) electrons. The van der Waals surface area contributed by atoms with Crippen LogP contribution in [0.3, 0.4) is 0 Å². The van der Waals surface area contributed by atoms with Crippen molar-refractivity contribution in [3.05, 3.63) is 40.5 Å². The van der Waals surface area contributed by atoms with E-state index in [-0.39, 0.29) is 29.0 Å². The van der Waals surface area contributed by atoms with Crippen LogP contribution in [0.15, 0.2) is 18.2 Å². The Balaban J connectivity index is 2.69. The lowest BCUT2D eigenvalue weighted by Crippen LogP contribution is -2.17. The van der Waals surface area contributed by atoms with E-state index in [9.17, 15) is 19.5 Å². The number of rotatable bonds is 2. The predicted octanol–water partition coefficient (Wildman–Crippen LogP) is 1.81. The smallest absolute Gasteiger partial charge is 0.338 e. The van der Waals surface area contributed by atoms with Crippen molar-refractivity contribution in [1.82, 2.24) is 0 Å². The summed E-state index contributed by atoms with van der Waals surface area (Å²) in [7, 11) is 0. The lowest BCUT2D eigenvalue weighted by Gasteiger charge is -2.16. The van der Waals surface area contributed by atoms with Crippen LogP contribution in [-0.2, 0) is 4.74 Å². The van der Waals surface area contributed by atoms with Crippen molar-refractivity contribution in [2.45, 2.75) is 13.8 Å². The van der Waals surface area contributed by atoms with Gasteiger partial charge < -0.3 is 9.84 Å². The fourth-order valence-corrected chi connectivity index (χ4v) is 2.06. The Labute approximate surface area is 109 Å². The minimum Gasteiger partial charge on any atom is -0.507 e. The third-order valence-corrected chi connectivity index (χ3v) is 2.94. The molecule has 0 saturated carbocycles. The van der Waals surface area contributed by atoms with Crippen LogP contribution in [0.1, 0.15) is 43.6 Å². The van der Waals surface area contributed by atoms with Gasteiger partial charge in [0.1, 0.15) is 5.75 Å². The first kappa shape index (κ1) is 13.0. The Bertz CT molecular complexity index is 625. The summed E-state index contributed by atoms with van der Waals surface area (Å²) in [5.74, 6) is -1.88. The topological polar surface area (TPSA) is 80.7 Å². The molecule has 0 aliphatic heterocycles. The van der Waals surface area contributed by atoms with Gasteiger partial charge in [-0.25, -0.2) is 4.79 Å². The summed E-state index contributed by atoms with van der Waals surface area (Å²) in [4.78, 5) is 35.3. The molecular formula is C14H12O5. The quantitative estimate of drug-likeness (QED) is 0.820. The zero-order valence-electron chi connectivity index (χ0n) is 10.5. The molecule has 0 atom stereocenters. The zero-order valence-corrected chi connectivity index (χ0v) is 10.5. The zero-order chi connectivity index (χ0) is 14.2. The Morgan fingerprint density at radius 3 is 2.37 bits per heavy atom. The summed E-state index contributed by atoms with van der Waals surface area (Å²) in [6.45, 7) is 3.39. The highest BCUT2D eigenvalue weighted by Gasteiger charge is 2.28. The van der Waals surface area contributed by atoms with Crippen LogP contribution in [-0.4, -0.2) is 29.2 Å². The van der Waals surface area contributed by atoms with E-state index in [4.69, 9.17) is 4.74 Å². The number of carbonyl (C=O) groups excluding carboxylic acids is 3. The lowest BCUT2D eigenvalue weighted by atomic mass is 9.87. The number of hydrogen-bond acceptors (Lipinski definition) is 5. The van der Waals surface area contributed by atoms with Gasteiger partial charge in [-0.05, 0) is 37.6 Å². The number of ketones is 2. The van der Waals surface area contributed by atoms with E-state index in [0.29, 0.717) is 5.56 Å². The third-order valence-electron chi connectivity index (χ3n) is 2.94. The minimum absolute atomic E-state index is 0.0574. The first-order chi connectivity index (χ1) is 8.97. The maximum atomic E-state index is 11.8. The van der Waals surface area contributed by atoms with E-state index in [2.05, 4.69) is 0 Å². The Kier molecular flexibility index (Phi) is 3.21. The van der Waals surface area contributed by atoms with Crippen molar-refractivity contribution >= 4 is 17.5 Å². The number of phenols is 1. The molecule has 0 spiro atoms. The van der Waals surface area contributed by atoms with Gasteiger partial charge in [-0.1, -0.05) is 0 Å². The molecule has 1 aromatic carbocycles. The Morgan fingerprint density at radius 1 is 1.21 bits per heavy atom. The number of aromatic hydroxyl groups is 1. The second-order valence-electron chi connectivity index (χ2n) is 4.10. The number of allylic oxidation sites excluding steroid dienone is 2. The average molecular weight is 260 g/mol. The molecular weight excluding hydrogens is 248 g/mol. The molecule has 19 heavy (non-hydrogen) atoms.